The second kappa shape index (κ2) is 9.12. The Kier molecular flexibility index (Phi) is 7.20. The third kappa shape index (κ3) is 5.40. The highest BCUT2D eigenvalue weighted by atomic mass is 79.9. The van der Waals surface area contributed by atoms with Gasteiger partial charge in [-0.3, -0.25) is 9.59 Å². The number of carbonyl (C=O) groups excluding carboxylic acids is 2. The lowest BCUT2D eigenvalue weighted by molar-refractivity contribution is -0.123. The number of hydrogen-bond donors (Lipinski definition) is 2. The molecular weight excluding hydrogens is 569 g/mol. The number of allylic oxidation sites excluding steroid dienone is 4. The molecule has 174 valence electrons. The van der Waals surface area contributed by atoms with Gasteiger partial charge in [0.15, 0.2) is 6.17 Å². The lowest BCUT2D eigenvalue weighted by atomic mass is 9.99. The summed E-state index contributed by atoms with van der Waals surface area (Å²) >= 11 is 21.3. The van der Waals surface area contributed by atoms with E-state index < -0.39 is 57.5 Å². The summed E-state index contributed by atoms with van der Waals surface area (Å²) < 4.78 is 62.8. The number of carbonyl (C=O) groups is 2. The molecule has 0 saturated heterocycles. The fourth-order valence-corrected chi connectivity index (χ4v) is 4.83. The largest absolute Gasteiger partial charge is 0.405 e. The normalized spacial score (nSPS) is 26.7. The fraction of sp³-hybridized carbons (Fsp3) is 0.368. The van der Waals surface area contributed by atoms with Crippen LogP contribution in [0.5, 0.6) is 0 Å². The van der Waals surface area contributed by atoms with E-state index in [9.17, 15) is 31.5 Å². The van der Waals surface area contributed by atoms with Crippen LogP contribution in [0.2, 0.25) is 5.02 Å². The molecule has 4 unspecified atom stereocenters. The molecule has 0 aromatic heterocycles. The second-order valence-electron chi connectivity index (χ2n) is 7.15. The molecule has 0 spiro atoms. The molecule has 32 heavy (non-hydrogen) atoms. The number of amides is 2. The van der Waals surface area contributed by atoms with Crippen LogP contribution in [0.3, 0.4) is 0 Å². The van der Waals surface area contributed by atoms with Crippen LogP contribution >= 0.6 is 50.7 Å². The molecule has 0 aliphatic heterocycles. The molecule has 4 nitrogen and oxygen atoms in total. The molecule has 3 rings (SSSR count). The number of halogens is 9. The van der Waals surface area contributed by atoms with Gasteiger partial charge < -0.3 is 10.6 Å². The summed E-state index contributed by atoms with van der Waals surface area (Å²) in [4.78, 5) is 23.8. The van der Waals surface area contributed by atoms with Gasteiger partial charge in [-0.15, -0.1) is 23.2 Å². The van der Waals surface area contributed by atoms with E-state index in [2.05, 4.69) is 21.2 Å². The average Bonchev–Trinajstić information content (AvgIpc) is 3.27. The quantitative estimate of drug-likeness (QED) is 0.336. The summed E-state index contributed by atoms with van der Waals surface area (Å²) in [5.41, 5.74) is -0.000174. The number of benzene rings is 1. The highest BCUT2D eigenvalue weighted by Crippen LogP contribution is 2.63. The van der Waals surface area contributed by atoms with Crippen molar-refractivity contribution in [1.29, 1.82) is 0 Å². The number of hydrogen-bond acceptors (Lipinski definition) is 2. The molecule has 2 aliphatic rings. The van der Waals surface area contributed by atoms with Crippen LogP contribution in [0.25, 0.3) is 0 Å². The number of anilines is 1. The van der Waals surface area contributed by atoms with E-state index in [1.54, 1.807) is 5.32 Å². The summed E-state index contributed by atoms with van der Waals surface area (Å²) in [5, 5.41) is 4.01. The Labute approximate surface area is 202 Å². The van der Waals surface area contributed by atoms with Crippen molar-refractivity contribution >= 4 is 68.2 Å². The zero-order valence-corrected chi connectivity index (χ0v) is 19.5. The molecule has 1 aromatic carbocycles. The maximum Gasteiger partial charge on any atom is 0.405 e. The van der Waals surface area contributed by atoms with Gasteiger partial charge in [-0.2, -0.15) is 13.2 Å². The van der Waals surface area contributed by atoms with E-state index in [-0.39, 0.29) is 21.8 Å². The predicted molar refractivity (Wildman–Crippen MR) is 115 cm³/mol. The van der Waals surface area contributed by atoms with E-state index in [4.69, 9.17) is 34.8 Å². The van der Waals surface area contributed by atoms with Crippen LogP contribution in [0.15, 0.2) is 41.8 Å². The third-order valence-electron chi connectivity index (χ3n) is 4.82. The number of alkyl halides is 7. The molecule has 0 bridgehead atoms. The van der Waals surface area contributed by atoms with Crippen LogP contribution < -0.4 is 10.6 Å². The first-order valence-electron chi connectivity index (χ1n) is 8.92. The molecule has 1 saturated carbocycles. The van der Waals surface area contributed by atoms with Gasteiger partial charge in [0.25, 0.3) is 5.91 Å². The average molecular weight is 583 g/mol. The first-order chi connectivity index (χ1) is 14.7. The summed E-state index contributed by atoms with van der Waals surface area (Å²) in [6.45, 7) is -1.56. The Morgan fingerprint density at radius 1 is 1.22 bits per heavy atom. The van der Waals surface area contributed by atoms with Gasteiger partial charge in [0.1, 0.15) is 16.7 Å². The summed E-state index contributed by atoms with van der Waals surface area (Å²) in [7, 11) is 0. The molecular formula is C19H13BrCl3F5N2O2. The molecule has 2 aliphatic carbocycles. The fourth-order valence-electron chi connectivity index (χ4n) is 3.24. The van der Waals surface area contributed by atoms with Gasteiger partial charge in [-0.25, -0.2) is 8.78 Å². The topological polar surface area (TPSA) is 58.2 Å². The molecule has 2 amide bonds. The summed E-state index contributed by atoms with van der Waals surface area (Å²) in [6.07, 6.45) is -4.18. The lowest BCUT2D eigenvalue weighted by Crippen LogP contribution is -2.33. The van der Waals surface area contributed by atoms with Crippen molar-refractivity contribution in [2.24, 2.45) is 11.8 Å². The first kappa shape index (κ1) is 25.3. The summed E-state index contributed by atoms with van der Waals surface area (Å²) in [5.74, 6) is -4.67. The van der Waals surface area contributed by atoms with E-state index in [0.29, 0.717) is 0 Å². The Hall–Kier alpha value is -1.36. The molecule has 1 fully saturated rings. The van der Waals surface area contributed by atoms with Crippen molar-refractivity contribution in [2.45, 2.75) is 21.5 Å². The van der Waals surface area contributed by atoms with Gasteiger partial charge in [0.05, 0.1) is 21.3 Å². The smallest absolute Gasteiger partial charge is 0.343 e. The van der Waals surface area contributed by atoms with Gasteiger partial charge in [-0.05, 0) is 29.8 Å². The Morgan fingerprint density at radius 2 is 1.88 bits per heavy atom. The van der Waals surface area contributed by atoms with E-state index in [1.165, 1.54) is 18.2 Å². The standard InChI is InChI=1S/C19H13BrCl3F5N2O2/c20-10-3-7(4-12(24)15(10)25)13-14(19(13,22)23)17(32)30-8-1-2-11(21)9(5-8)16(31)29-6-18(26,27)28/h1-5,10,13-15H,6H2,(H,29,31)(H,30,32). The van der Waals surface area contributed by atoms with Crippen molar-refractivity contribution in [1.82, 2.24) is 5.32 Å². The van der Waals surface area contributed by atoms with Gasteiger partial charge in [0.2, 0.25) is 5.91 Å². The van der Waals surface area contributed by atoms with E-state index >= 15 is 0 Å². The van der Waals surface area contributed by atoms with Crippen molar-refractivity contribution in [2.75, 3.05) is 11.9 Å². The molecule has 2 N–H and O–H groups in total. The van der Waals surface area contributed by atoms with Crippen LogP contribution in [0.4, 0.5) is 27.6 Å². The van der Waals surface area contributed by atoms with Crippen LogP contribution in [0.1, 0.15) is 10.4 Å². The Bertz CT molecular complexity index is 1020. The third-order valence-corrected chi connectivity index (χ3v) is 6.82. The minimum atomic E-state index is -4.61. The maximum absolute atomic E-state index is 13.8. The van der Waals surface area contributed by atoms with Crippen LogP contribution in [-0.4, -0.2) is 39.9 Å². The van der Waals surface area contributed by atoms with Gasteiger partial charge in [0, 0.05) is 11.6 Å². The minimum absolute atomic E-state index is 0.0490. The van der Waals surface area contributed by atoms with E-state index in [1.807, 2.05) is 0 Å². The maximum atomic E-state index is 13.8. The van der Waals surface area contributed by atoms with E-state index in [0.717, 1.165) is 12.1 Å². The lowest BCUT2D eigenvalue weighted by Gasteiger charge is -2.17. The molecule has 1 aromatic rings. The van der Waals surface area contributed by atoms with Crippen LogP contribution in [-0.2, 0) is 4.79 Å². The predicted octanol–water partition coefficient (Wildman–Crippen LogP) is 5.89. The second-order valence-corrected chi connectivity index (χ2v) is 10.1. The number of rotatable bonds is 5. The Morgan fingerprint density at radius 3 is 2.47 bits per heavy atom. The highest BCUT2D eigenvalue weighted by Gasteiger charge is 2.68. The highest BCUT2D eigenvalue weighted by molar-refractivity contribution is 9.09. The molecule has 0 radical (unpaired) electrons. The SMILES string of the molecule is O=C(NCC(F)(F)F)c1cc(NC(=O)C2C(C3=CC(Br)C(F)C(F)=C3)C2(Cl)Cl)ccc1Cl. The van der Waals surface area contributed by atoms with Crippen molar-refractivity contribution < 1.29 is 31.5 Å². The Balaban J connectivity index is 1.74. The molecule has 4 atom stereocenters. The number of nitrogens with one attached hydrogen (secondary N) is 2. The van der Waals surface area contributed by atoms with Crippen molar-refractivity contribution in [3.63, 3.8) is 0 Å². The first-order valence-corrected chi connectivity index (χ1v) is 11.0. The van der Waals surface area contributed by atoms with Crippen LogP contribution in [0, 0.1) is 11.8 Å². The van der Waals surface area contributed by atoms with Gasteiger partial charge >= 0.3 is 6.18 Å². The summed E-state index contributed by atoms with van der Waals surface area (Å²) in [6, 6.07) is 3.64. The zero-order valence-electron chi connectivity index (χ0n) is 15.6. The monoisotopic (exact) mass is 580 g/mol. The minimum Gasteiger partial charge on any atom is -0.343 e. The molecule has 13 heteroatoms. The molecule has 0 heterocycles. The van der Waals surface area contributed by atoms with Crippen molar-refractivity contribution in [3.8, 4) is 0 Å². The van der Waals surface area contributed by atoms with Crippen molar-refractivity contribution in [3.05, 3.63) is 52.3 Å². The zero-order chi connectivity index (χ0) is 24.0. The van der Waals surface area contributed by atoms with Gasteiger partial charge in [-0.1, -0.05) is 33.6 Å².